The molecular formula is C16H16ClNO3S. The van der Waals surface area contributed by atoms with Gasteiger partial charge in [0.25, 0.3) is 0 Å². The van der Waals surface area contributed by atoms with Gasteiger partial charge in [0.1, 0.15) is 5.75 Å². The first-order valence-corrected chi connectivity index (χ1v) is 8.86. The van der Waals surface area contributed by atoms with Crippen molar-refractivity contribution in [3.8, 4) is 0 Å². The molecule has 0 aliphatic carbocycles. The number of carbonyl (C=O) groups excluding carboxylic acids is 1. The predicted molar refractivity (Wildman–Crippen MR) is 88.8 cm³/mol. The number of hydrogen-bond donors (Lipinski definition) is 1. The summed E-state index contributed by atoms with van der Waals surface area (Å²) in [4.78, 5) is 11.9. The molecule has 0 atom stereocenters. The smallest absolute Gasteiger partial charge is 0.239 e. The van der Waals surface area contributed by atoms with Crippen LogP contribution in [0.2, 0.25) is 5.02 Å². The number of hydrogen-bond acceptors (Lipinski definition) is 3. The maximum absolute atomic E-state index is 12.1. The zero-order chi connectivity index (χ0) is 16.2. The molecule has 0 aliphatic heterocycles. The van der Waals surface area contributed by atoms with E-state index in [9.17, 15) is 13.2 Å². The number of halogens is 1. The van der Waals surface area contributed by atoms with Gasteiger partial charge in [-0.15, -0.1) is 0 Å². The van der Waals surface area contributed by atoms with Gasteiger partial charge in [0.15, 0.2) is 9.84 Å². The van der Waals surface area contributed by atoms with Crippen LogP contribution in [-0.4, -0.2) is 20.1 Å². The van der Waals surface area contributed by atoms with Crippen LogP contribution < -0.4 is 5.32 Å². The van der Waals surface area contributed by atoms with Gasteiger partial charge in [0, 0.05) is 10.7 Å². The summed E-state index contributed by atoms with van der Waals surface area (Å²) in [5.74, 6) is -1.39. The molecule has 0 spiro atoms. The van der Waals surface area contributed by atoms with E-state index >= 15 is 0 Å². The van der Waals surface area contributed by atoms with Crippen LogP contribution >= 0.6 is 11.6 Å². The van der Waals surface area contributed by atoms with Crippen LogP contribution in [0.25, 0.3) is 0 Å². The van der Waals surface area contributed by atoms with Gasteiger partial charge in [-0.25, -0.2) is 8.42 Å². The molecular weight excluding hydrogens is 322 g/mol. The van der Waals surface area contributed by atoms with Crippen molar-refractivity contribution in [3.05, 3.63) is 64.7 Å². The van der Waals surface area contributed by atoms with Gasteiger partial charge in [-0.2, -0.15) is 0 Å². The molecule has 116 valence electrons. The molecule has 0 saturated heterocycles. The van der Waals surface area contributed by atoms with Gasteiger partial charge < -0.3 is 5.32 Å². The van der Waals surface area contributed by atoms with E-state index in [1.807, 2.05) is 19.1 Å². The van der Waals surface area contributed by atoms with Gasteiger partial charge in [0.05, 0.1) is 5.75 Å². The lowest BCUT2D eigenvalue weighted by Gasteiger charge is -2.09. The van der Waals surface area contributed by atoms with Crippen molar-refractivity contribution < 1.29 is 13.2 Å². The van der Waals surface area contributed by atoms with E-state index < -0.39 is 21.5 Å². The van der Waals surface area contributed by atoms with Gasteiger partial charge in [-0.05, 0) is 30.2 Å². The molecule has 2 rings (SSSR count). The fraction of sp³-hybridized carbons (Fsp3) is 0.188. The average molecular weight is 338 g/mol. The van der Waals surface area contributed by atoms with Crippen molar-refractivity contribution in [3.63, 3.8) is 0 Å². The molecule has 0 saturated carbocycles. The Bertz CT molecular complexity index is 787. The Morgan fingerprint density at radius 3 is 2.41 bits per heavy atom. The fourth-order valence-electron chi connectivity index (χ4n) is 2.00. The van der Waals surface area contributed by atoms with E-state index in [0.29, 0.717) is 16.3 Å². The highest BCUT2D eigenvalue weighted by Gasteiger charge is 2.19. The molecule has 1 amide bonds. The molecule has 0 aromatic heterocycles. The van der Waals surface area contributed by atoms with Crippen LogP contribution in [0.5, 0.6) is 0 Å². The third-order valence-electron chi connectivity index (χ3n) is 3.10. The normalized spacial score (nSPS) is 11.2. The van der Waals surface area contributed by atoms with Gasteiger partial charge in [-0.3, -0.25) is 4.79 Å². The molecule has 6 heteroatoms. The zero-order valence-corrected chi connectivity index (χ0v) is 13.6. The second-order valence-corrected chi connectivity index (χ2v) is 7.46. The number of rotatable bonds is 5. The summed E-state index contributed by atoms with van der Waals surface area (Å²) in [7, 11) is -3.59. The highest BCUT2D eigenvalue weighted by molar-refractivity contribution is 7.91. The minimum Gasteiger partial charge on any atom is -0.325 e. The summed E-state index contributed by atoms with van der Waals surface area (Å²) in [6, 6.07) is 13.9. The van der Waals surface area contributed by atoms with Crippen LogP contribution in [0.3, 0.4) is 0 Å². The van der Waals surface area contributed by atoms with Gasteiger partial charge in [0.2, 0.25) is 5.91 Å². The summed E-state index contributed by atoms with van der Waals surface area (Å²) < 4.78 is 24.2. The van der Waals surface area contributed by atoms with Crippen molar-refractivity contribution in [2.24, 2.45) is 0 Å². The minimum atomic E-state index is -3.59. The topological polar surface area (TPSA) is 63.2 Å². The van der Waals surface area contributed by atoms with Crippen LogP contribution in [0.15, 0.2) is 48.5 Å². The predicted octanol–water partition coefficient (Wildman–Crippen LogP) is 3.20. The fourth-order valence-corrected chi connectivity index (χ4v) is 3.58. The molecule has 0 heterocycles. The lowest BCUT2D eigenvalue weighted by Crippen LogP contribution is -2.24. The Morgan fingerprint density at radius 1 is 1.09 bits per heavy atom. The summed E-state index contributed by atoms with van der Waals surface area (Å²) in [6.45, 7) is 1.84. The maximum atomic E-state index is 12.1. The SMILES string of the molecule is Cc1ccccc1NC(=O)CS(=O)(=O)Cc1ccccc1Cl. The number of benzene rings is 2. The number of aryl methyl sites for hydroxylation is 1. The lowest BCUT2D eigenvalue weighted by molar-refractivity contribution is -0.113. The van der Waals surface area contributed by atoms with E-state index in [0.717, 1.165) is 5.56 Å². The molecule has 2 aromatic carbocycles. The Balaban J connectivity index is 2.04. The first-order valence-electron chi connectivity index (χ1n) is 6.67. The molecule has 0 fully saturated rings. The standard InChI is InChI=1S/C16H16ClNO3S/c1-12-6-2-5-9-15(12)18-16(19)11-22(20,21)10-13-7-3-4-8-14(13)17/h2-9H,10-11H2,1H3,(H,18,19). The number of carbonyl (C=O) groups is 1. The van der Waals surface area contributed by atoms with Crippen LogP contribution in [-0.2, 0) is 20.4 Å². The highest BCUT2D eigenvalue weighted by Crippen LogP contribution is 2.18. The number of nitrogens with one attached hydrogen (secondary N) is 1. The maximum Gasteiger partial charge on any atom is 0.239 e. The first kappa shape index (κ1) is 16.5. The number of para-hydroxylation sites is 1. The van der Waals surface area contributed by atoms with E-state index in [1.165, 1.54) is 0 Å². The largest absolute Gasteiger partial charge is 0.325 e. The zero-order valence-electron chi connectivity index (χ0n) is 12.0. The van der Waals surface area contributed by atoms with Crippen molar-refractivity contribution >= 4 is 33.0 Å². The number of sulfone groups is 1. The molecule has 0 unspecified atom stereocenters. The summed E-state index contributed by atoms with van der Waals surface area (Å²) in [6.07, 6.45) is 0. The van der Waals surface area contributed by atoms with Crippen LogP contribution in [0, 0.1) is 6.92 Å². The first-order chi connectivity index (χ1) is 10.4. The van der Waals surface area contributed by atoms with E-state index in [1.54, 1.807) is 36.4 Å². The third-order valence-corrected chi connectivity index (χ3v) is 4.92. The highest BCUT2D eigenvalue weighted by atomic mass is 35.5. The molecule has 4 nitrogen and oxygen atoms in total. The quantitative estimate of drug-likeness (QED) is 0.911. The van der Waals surface area contributed by atoms with Gasteiger partial charge in [-0.1, -0.05) is 48.0 Å². The summed E-state index contributed by atoms with van der Waals surface area (Å²) in [5, 5.41) is 3.00. The van der Waals surface area contributed by atoms with Crippen molar-refractivity contribution in [1.82, 2.24) is 0 Å². The molecule has 0 bridgehead atoms. The summed E-state index contributed by atoms with van der Waals surface area (Å²) >= 11 is 5.95. The monoisotopic (exact) mass is 337 g/mol. The molecule has 0 aliphatic rings. The molecule has 2 aromatic rings. The van der Waals surface area contributed by atoms with E-state index in [4.69, 9.17) is 11.6 Å². The van der Waals surface area contributed by atoms with Gasteiger partial charge >= 0.3 is 0 Å². The Kier molecular flexibility index (Phi) is 5.21. The van der Waals surface area contributed by atoms with Crippen LogP contribution in [0.4, 0.5) is 5.69 Å². The minimum absolute atomic E-state index is 0.256. The number of amides is 1. The Hall–Kier alpha value is -1.85. The van der Waals surface area contributed by atoms with Crippen LogP contribution in [0.1, 0.15) is 11.1 Å². The van der Waals surface area contributed by atoms with E-state index in [-0.39, 0.29) is 5.75 Å². The average Bonchev–Trinajstić information content (AvgIpc) is 2.43. The summed E-state index contributed by atoms with van der Waals surface area (Å²) in [5.41, 5.74) is 1.98. The third kappa shape index (κ3) is 4.58. The second kappa shape index (κ2) is 6.94. The Labute approximate surface area is 135 Å². The molecule has 22 heavy (non-hydrogen) atoms. The van der Waals surface area contributed by atoms with Crippen molar-refractivity contribution in [2.45, 2.75) is 12.7 Å². The Morgan fingerprint density at radius 2 is 1.73 bits per heavy atom. The number of anilines is 1. The second-order valence-electron chi connectivity index (χ2n) is 4.99. The van der Waals surface area contributed by atoms with E-state index in [2.05, 4.69) is 5.32 Å². The molecule has 1 N–H and O–H groups in total. The van der Waals surface area contributed by atoms with Crippen molar-refractivity contribution in [2.75, 3.05) is 11.1 Å². The lowest BCUT2D eigenvalue weighted by atomic mass is 10.2. The molecule has 0 radical (unpaired) electrons. The van der Waals surface area contributed by atoms with Crippen molar-refractivity contribution in [1.29, 1.82) is 0 Å².